The van der Waals surface area contributed by atoms with E-state index in [-0.39, 0.29) is 31.7 Å². The molecule has 3 rings (SSSR count). The number of carbonyl (C=O) groups excluding carboxylic acids is 1. The van der Waals surface area contributed by atoms with Crippen LogP contribution in [0, 0.1) is 0 Å². The number of halogens is 3. The molecular formula is C13H13F3N4O2S. The van der Waals surface area contributed by atoms with Crippen LogP contribution in [0.4, 0.5) is 13.2 Å². The summed E-state index contributed by atoms with van der Waals surface area (Å²) >= 11 is 1.28. The van der Waals surface area contributed by atoms with Crippen molar-refractivity contribution in [1.82, 2.24) is 19.2 Å². The van der Waals surface area contributed by atoms with E-state index in [9.17, 15) is 22.8 Å². The van der Waals surface area contributed by atoms with Crippen molar-refractivity contribution in [2.24, 2.45) is 0 Å². The van der Waals surface area contributed by atoms with Gasteiger partial charge >= 0.3 is 6.18 Å². The molecule has 1 aliphatic rings. The predicted molar refractivity (Wildman–Crippen MR) is 77.7 cm³/mol. The fourth-order valence-electron chi connectivity index (χ4n) is 2.50. The molecule has 0 N–H and O–H groups in total. The molecule has 0 spiro atoms. The van der Waals surface area contributed by atoms with Gasteiger partial charge in [-0.05, 0) is 0 Å². The lowest BCUT2D eigenvalue weighted by Crippen LogP contribution is -2.51. The van der Waals surface area contributed by atoms with Crippen LogP contribution in [0.25, 0.3) is 4.96 Å². The molecular weight excluding hydrogens is 333 g/mol. The Hall–Kier alpha value is -1.94. The average molecular weight is 346 g/mol. The minimum Gasteiger partial charge on any atom is -0.336 e. The largest absolute Gasteiger partial charge is 0.401 e. The molecule has 0 bridgehead atoms. The van der Waals surface area contributed by atoms with Crippen molar-refractivity contribution in [2.45, 2.75) is 6.18 Å². The van der Waals surface area contributed by atoms with Gasteiger partial charge < -0.3 is 4.90 Å². The summed E-state index contributed by atoms with van der Waals surface area (Å²) in [6.45, 7) is -0.428. The van der Waals surface area contributed by atoms with Crippen LogP contribution in [-0.2, 0) is 0 Å². The molecule has 1 amide bonds. The van der Waals surface area contributed by atoms with Crippen LogP contribution in [0.3, 0.4) is 0 Å². The number of rotatable bonds is 2. The first-order valence-corrected chi connectivity index (χ1v) is 7.76. The highest BCUT2D eigenvalue weighted by Gasteiger charge is 2.33. The molecule has 0 atom stereocenters. The lowest BCUT2D eigenvalue weighted by molar-refractivity contribution is -0.148. The number of aromatic nitrogens is 2. The highest BCUT2D eigenvalue weighted by Crippen LogP contribution is 2.18. The Morgan fingerprint density at radius 2 is 1.96 bits per heavy atom. The second kappa shape index (κ2) is 5.93. The average Bonchev–Trinajstić information content (AvgIpc) is 2.95. The van der Waals surface area contributed by atoms with Crippen molar-refractivity contribution >= 4 is 22.2 Å². The lowest BCUT2D eigenvalue weighted by Gasteiger charge is -2.34. The van der Waals surface area contributed by atoms with Crippen molar-refractivity contribution in [3.63, 3.8) is 0 Å². The van der Waals surface area contributed by atoms with E-state index in [0.717, 1.165) is 0 Å². The standard InChI is InChI=1S/C13H13F3N4O2S/c14-13(15,16)8-18-1-3-19(4-2-18)10(21)9-7-17-12-20(11(9)22)5-6-23-12/h5-7H,1-4,8H2. The van der Waals surface area contributed by atoms with Crippen molar-refractivity contribution in [3.8, 4) is 0 Å². The molecule has 1 saturated heterocycles. The summed E-state index contributed by atoms with van der Waals surface area (Å²) in [5, 5.41) is 1.69. The summed E-state index contributed by atoms with van der Waals surface area (Å²) in [4.78, 5) is 31.8. The van der Waals surface area contributed by atoms with Crippen molar-refractivity contribution in [3.05, 3.63) is 33.7 Å². The zero-order valence-electron chi connectivity index (χ0n) is 11.9. The first kappa shape index (κ1) is 15.9. The van der Waals surface area contributed by atoms with E-state index < -0.39 is 24.2 Å². The summed E-state index contributed by atoms with van der Waals surface area (Å²) in [5.41, 5.74) is -0.524. The zero-order chi connectivity index (χ0) is 16.6. The Balaban J connectivity index is 1.72. The Bertz CT molecular complexity index is 777. The molecule has 0 unspecified atom stereocenters. The van der Waals surface area contributed by atoms with E-state index in [1.54, 1.807) is 5.38 Å². The summed E-state index contributed by atoms with van der Waals surface area (Å²) in [6, 6.07) is 0. The first-order chi connectivity index (χ1) is 10.8. The van der Waals surface area contributed by atoms with Gasteiger partial charge in [0.15, 0.2) is 4.96 Å². The Morgan fingerprint density at radius 3 is 2.61 bits per heavy atom. The maximum absolute atomic E-state index is 12.4. The van der Waals surface area contributed by atoms with Crippen LogP contribution >= 0.6 is 11.3 Å². The van der Waals surface area contributed by atoms with Crippen molar-refractivity contribution in [1.29, 1.82) is 0 Å². The number of carbonyl (C=O) groups is 1. The Labute approximate surface area is 132 Å². The number of amides is 1. The number of alkyl halides is 3. The number of hydrogen-bond acceptors (Lipinski definition) is 5. The normalized spacial score (nSPS) is 16.9. The quantitative estimate of drug-likeness (QED) is 0.816. The third-order valence-corrected chi connectivity index (χ3v) is 4.41. The predicted octanol–water partition coefficient (Wildman–Crippen LogP) is 1.08. The fraction of sp³-hybridized carbons (Fsp3) is 0.462. The zero-order valence-corrected chi connectivity index (χ0v) is 12.7. The third-order valence-electron chi connectivity index (χ3n) is 3.64. The summed E-state index contributed by atoms with van der Waals surface area (Å²) in [5.74, 6) is -0.491. The number of thiazole rings is 1. The minimum absolute atomic E-state index is 0.0647. The molecule has 0 aromatic carbocycles. The number of nitrogens with zero attached hydrogens (tertiary/aromatic N) is 4. The maximum atomic E-state index is 12.4. The Morgan fingerprint density at radius 1 is 1.26 bits per heavy atom. The van der Waals surface area contributed by atoms with Crippen LogP contribution in [-0.4, -0.2) is 64.0 Å². The SMILES string of the molecule is O=C(c1cnc2sccn2c1=O)N1CCN(CC(F)(F)F)CC1. The molecule has 0 radical (unpaired) electrons. The van der Waals surface area contributed by atoms with E-state index in [1.165, 1.54) is 37.9 Å². The topological polar surface area (TPSA) is 57.9 Å². The Kier molecular flexibility index (Phi) is 4.11. The van der Waals surface area contributed by atoms with E-state index >= 15 is 0 Å². The van der Waals surface area contributed by atoms with Gasteiger partial charge in [0.25, 0.3) is 11.5 Å². The van der Waals surface area contributed by atoms with Crippen LogP contribution < -0.4 is 5.56 Å². The maximum Gasteiger partial charge on any atom is 0.401 e. The molecule has 124 valence electrons. The van der Waals surface area contributed by atoms with Gasteiger partial charge in [-0.1, -0.05) is 0 Å². The molecule has 6 nitrogen and oxygen atoms in total. The van der Waals surface area contributed by atoms with Gasteiger partial charge in [0.2, 0.25) is 0 Å². The molecule has 3 heterocycles. The van der Waals surface area contributed by atoms with Crippen LogP contribution in [0.1, 0.15) is 10.4 Å². The molecule has 2 aromatic rings. The fourth-order valence-corrected chi connectivity index (χ4v) is 3.18. The van der Waals surface area contributed by atoms with E-state index in [0.29, 0.717) is 4.96 Å². The molecule has 1 aliphatic heterocycles. The number of hydrogen-bond donors (Lipinski definition) is 0. The molecule has 0 saturated carbocycles. The summed E-state index contributed by atoms with van der Waals surface area (Å²) in [7, 11) is 0. The van der Waals surface area contributed by atoms with Gasteiger partial charge in [-0.3, -0.25) is 18.9 Å². The van der Waals surface area contributed by atoms with Gasteiger partial charge in [0.05, 0.1) is 6.54 Å². The highest BCUT2D eigenvalue weighted by atomic mass is 32.1. The van der Waals surface area contributed by atoms with Gasteiger partial charge in [-0.25, -0.2) is 4.98 Å². The van der Waals surface area contributed by atoms with Crippen LogP contribution in [0.5, 0.6) is 0 Å². The molecule has 10 heteroatoms. The summed E-state index contributed by atoms with van der Waals surface area (Å²) in [6.07, 6.45) is -1.48. The minimum atomic E-state index is -4.25. The van der Waals surface area contributed by atoms with Gasteiger partial charge in [-0.2, -0.15) is 13.2 Å². The second-order valence-electron chi connectivity index (χ2n) is 5.22. The monoisotopic (exact) mass is 346 g/mol. The molecule has 0 aliphatic carbocycles. The highest BCUT2D eigenvalue weighted by molar-refractivity contribution is 7.15. The van der Waals surface area contributed by atoms with Gasteiger partial charge in [-0.15, -0.1) is 11.3 Å². The van der Waals surface area contributed by atoms with E-state index in [4.69, 9.17) is 0 Å². The van der Waals surface area contributed by atoms with Crippen molar-refractivity contribution in [2.75, 3.05) is 32.7 Å². The van der Waals surface area contributed by atoms with Crippen LogP contribution in [0.15, 0.2) is 22.6 Å². The molecule has 1 fully saturated rings. The third kappa shape index (κ3) is 3.37. The van der Waals surface area contributed by atoms with Gasteiger partial charge in [0.1, 0.15) is 5.56 Å². The van der Waals surface area contributed by atoms with Crippen LogP contribution in [0.2, 0.25) is 0 Å². The number of fused-ring (bicyclic) bond motifs is 1. The lowest BCUT2D eigenvalue weighted by atomic mass is 10.2. The van der Waals surface area contributed by atoms with Crippen molar-refractivity contribution < 1.29 is 18.0 Å². The smallest absolute Gasteiger partial charge is 0.336 e. The summed E-state index contributed by atoms with van der Waals surface area (Å²) < 4.78 is 38.4. The number of piperazine rings is 1. The van der Waals surface area contributed by atoms with E-state index in [1.807, 2.05) is 0 Å². The molecule has 2 aromatic heterocycles. The van der Waals surface area contributed by atoms with E-state index in [2.05, 4.69) is 4.98 Å². The second-order valence-corrected chi connectivity index (χ2v) is 6.09. The first-order valence-electron chi connectivity index (χ1n) is 6.88. The van der Waals surface area contributed by atoms with Gasteiger partial charge in [0, 0.05) is 44.0 Å². The molecule has 23 heavy (non-hydrogen) atoms.